The van der Waals surface area contributed by atoms with Gasteiger partial charge in [-0.2, -0.15) is 0 Å². The zero-order chi connectivity index (χ0) is 8.55. The number of anilines is 2. The first-order valence-corrected chi connectivity index (χ1v) is 3.58. The molecule has 12 heavy (non-hydrogen) atoms. The van der Waals surface area contributed by atoms with E-state index in [4.69, 9.17) is 10.5 Å². The van der Waals surface area contributed by atoms with Crippen LogP contribution in [0.3, 0.4) is 0 Å². The summed E-state index contributed by atoms with van der Waals surface area (Å²) in [6.07, 6.45) is 0. The molecule has 1 heterocycles. The monoisotopic (exact) mass is 164 g/mol. The van der Waals surface area contributed by atoms with Crippen LogP contribution >= 0.6 is 0 Å². The summed E-state index contributed by atoms with van der Waals surface area (Å²) in [4.78, 5) is 11.1. The number of ether oxygens (including phenoxy) is 1. The van der Waals surface area contributed by atoms with Crippen LogP contribution in [-0.2, 0) is 4.74 Å². The molecule has 1 aliphatic rings. The average Bonchev–Trinajstić information content (AvgIpc) is 2.07. The Balaban J connectivity index is 2.59. The van der Waals surface area contributed by atoms with Crippen LogP contribution in [0.25, 0.3) is 0 Å². The van der Waals surface area contributed by atoms with Crippen molar-refractivity contribution in [3.63, 3.8) is 0 Å². The van der Waals surface area contributed by atoms with Crippen molar-refractivity contribution in [2.45, 2.75) is 0 Å². The van der Waals surface area contributed by atoms with Gasteiger partial charge in [0.2, 0.25) is 0 Å². The third-order valence-corrected chi connectivity index (χ3v) is 1.77. The maximum atomic E-state index is 11.1. The maximum Gasteiger partial charge on any atom is 0.342 e. The number of nitrogens with two attached hydrogens (primary N) is 1. The fourth-order valence-corrected chi connectivity index (χ4v) is 1.19. The van der Waals surface area contributed by atoms with Gasteiger partial charge in [0.15, 0.2) is 6.73 Å². The minimum atomic E-state index is -0.323. The second-order valence-corrected chi connectivity index (χ2v) is 2.52. The molecule has 1 aromatic rings. The van der Waals surface area contributed by atoms with Gasteiger partial charge in [-0.15, -0.1) is 0 Å². The Bertz CT molecular complexity index is 336. The van der Waals surface area contributed by atoms with Crippen molar-refractivity contribution < 1.29 is 9.53 Å². The number of benzene rings is 1. The number of nitrogen functional groups attached to an aromatic ring is 1. The summed E-state index contributed by atoms with van der Waals surface area (Å²) in [7, 11) is 0. The lowest BCUT2D eigenvalue weighted by Crippen LogP contribution is -2.21. The molecule has 0 spiro atoms. The second kappa shape index (κ2) is 2.41. The molecule has 0 unspecified atom stereocenters. The molecule has 0 radical (unpaired) electrons. The molecule has 4 nitrogen and oxygen atoms in total. The van der Waals surface area contributed by atoms with E-state index in [1.54, 1.807) is 18.2 Å². The highest BCUT2D eigenvalue weighted by Gasteiger charge is 2.18. The van der Waals surface area contributed by atoms with Crippen LogP contribution in [-0.4, -0.2) is 12.7 Å². The average molecular weight is 164 g/mol. The van der Waals surface area contributed by atoms with Crippen molar-refractivity contribution in [1.29, 1.82) is 0 Å². The number of fused-ring (bicyclic) bond motifs is 1. The van der Waals surface area contributed by atoms with Gasteiger partial charge in [0.1, 0.15) is 0 Å². The van der Waals surface area contributed by atoms with Crippen molar-refractivity contribution in [1.82, 2.24) is 0 Å². The second-order valence-electron chi connectivity index (χ2n) is 2.52. The van der Waals surface area contributed by atoms with E-state index >= 15 is 0 Å². The predicted molar refractivity (Wildman–Crippen MR) is 44.8 cm³/mol. The first-order chi connectivity index (χ1) is 5.79. The first-order valence-electron chi connectivity index (χ1n) is 3.58. The molecule has 0 amide bonds. The van der Waals surface area contributed by atoms with E-state index in [0.29, 0.717) is 16.9 Å². The largest absolute Gasteiger partial charge is 0.441 e. The Morgan fingerprint density at radius 2 is 2.33 bits per heavy atom. The lowest BCUT2D eigenvalue weighted by atomic mass is 10.1. The zero-order valence-corrected chi connectivity index (χ0v) is 6.33. The van der Waals surface area contributed by atoms with E-state index in [9.17, 15) is 4.79 Å². The lowest BCUT2D eigenvalue weighted by Gasteiger charge is -2.18. The van der Waals surface area contributed by atoms with Crippen molar-refractivity contribution in [3.8, 4) is 0 Å². The highest BCUT2D eigenvalue weighted by atomic mass is 16.5. The van der Waals surface area contributed by atoms with E-state index in [2.05, 4.69) is 5.32 Å². The number of carbonyl (C=O) groups excluding carboxylic acids is 1. The van der Waals surface area contributed by atoms with Crippen molar-refractivity contribution in [3.05, 3.63) is 23.8 Å². The van der Waals surface area contributed by atoms with Gasteiger partial charge in [0.05, 0.1) is 16.9 Å². The molecule has 0 saturated heterocycles. The van der Waals surface area contributed by atoms with Crippen molar-refractivity contribution in [2.24, 2.45) is 0 Å². The van der Waals surface area contributed by atoms with Gasteiger partial charge in [0, 0.05) is 0 Å². The number of rotatable bonds is 0. The number of hydrogen-bond acceptors (Lipinski definition) is 4. The summed E-state index contributed by atoms with van der Waals surface area (Å²) in [6, 6.07) is 5.15. The van der Waals surface area contributed by atoms with Crippen LogP contribution in [0.2, 0.25) is 0 Å². The van der Waals surface area contributed by atoms with Gasteiger partial charge in [0.25, 0.3) is 0 Å². The number of carbonyl (C=O) groups is 1. The summed E-state index contributed by atoms with van der Waals surface area (Å²) in [6.45, 7) is 0.194. The molecule has 3 N–H and O–H groups in total. The van der Waals surface area contributed by atoms with Crippen molar-refractivity contribution in [2.75, 3.05) is 17.8 Å². The smallest absolute Gasteiger partial charge is 0.342 e. The molecule has 0 atom stereocenters. The predicted octanol–water partition coefficient (Wildman–Crippen LogP) is 0.809. The normalized spacial score (nSPS) is 14.5. The summed E-state index contributed by atoms with van der Waals surface area (Å²) < 4.78 is 4.75. The molecular weight excluding hydrogens is 156 g/mol. The van der Waals surface area contributed by atoms with Gasteiger partial charge in [-0.1, -0.05) is 6.07 Å². The van der Waals surface area contributed by atoms with Crippen LogP contribution < -0.4 is 11.1 Å². The highest BCUT2D eigenvalue weighted by Crippen LogP contribution is 2.26. The molecule has 0 bridgehead atoms. The van der Waals surface area contributed by atoms with Crippen LogP contribution in [0.4, 0.5) is 11.4 Å². The topological polar surface area (TPSA) is 64.3 Å². The van der Waals surface area contributed by atoms with Gasteiger partial charge < -0.3 is 15.8 Å². The molecule has 0 fully saturated rings. The number of nitrogens with one attached hydrogen (secondary N) is 1. The molecule has 62 valence electrons. The lowest BCUT2D eigenvalue weighted by molar-refractivity contribution is 0.0518. The summed E-state index contributed by atoms with van der Waals surface area (Å²) in [5.41, 5.74) is 7.38. The SMILES string of the molecule is Nc1cccc2c1NCOC2=O. The summed E-state index contributed by atoms with van der Waals surface area (Å²) in [5, 5.41) is 2.89. The minimum absolute atomic E-state index is 0.194. The first kappa shape index (κ1) is 6.97. The van der Waals surface area contributed by atoms with Crippen LogP contribution in [0.1, 0.15) is 10.4 Å². The fraction of sp³-hybridized carbons (Fsp3) is 0.125. The third kappa shape index (κ3) is 0.887. The number of para-hydroxylation sites is 1. The summed E-state index contributed by atoms with van der Waals surface area (Å²) >= 11 is 0. The Morgan fingerprint density at radius 1 is 1.50 bits per heavy atom. The van der Waals surface area contributed by atoms with Crippen molar-refractivity contribution >= 4 is 17.3 Å². The van der Waals surface area contributed by atoms with E-state index in [0.717, 1.165) is 0 Å². The standard InChI is InChI=1S/C8H8N2O2/c9-6-3-1-2-5-7(6)10-4-12-8(5)11/h1-3,10H,4,9H2. The number of esters is 1. The van der Waals surface area contributed by atoms with E-state index in [1.165, 1.54) is 0 Å². The van der Waals surface area contributed by atoms with E-state index in [1.807, 2.05) is 0 Å². The molecular formula is C8H8N2O2. The van der Waals surface area contributed by atoms with Crippen LogP contribution in [0.5, 0.6) is 0 Å². The molecule has 0 aromatic heterocycles. The Labute approximate surface area is 69.3 Å². The van der Waals surface area contributed by atoms with Gasteiger partial charge in [-0.05, 0) is 12.1 Å². The maximum absolute atomic E-state index is 11.1. The molecule has 0 aliphatic carbocycles. The Kier molecular flexibility index (Phi) is 1.40. The number of cyclic esters (lactones) is 1. The molecule has 4 heteroatoms. The summed E-state index contributed by atoms with van der Waals surface area (Å²) in [5.74, 6) is -0.323. The molecule has 1 aromatic carbocycles. The third-order valence-electron chi connectivity index (χ3n) is 1.77. The Hall–Kier alpha value is -1.71. The quantitative estimate of drug-likeness (QED) is 0.440. The molecule has 1 aliphatic heterocycles. The van der Waals surface area contributed by atoms with E-state index < -0.39 is 0 Å². The van der Waals surface area contributed by atoms with Crippen LogP contribution in [0.15, 0.2) is 18.2 Å². The van der Waals surface area contributed by atoms with Gasteiger partial charge in [-0.3, -0.25) is 0 Å². The van der Waals surface area contributed by atoms with Gasteiger partial charge >= 0.3 is 5.97 Å². The zero-order valence-electron chi connectivity index (χ0n) is 6.33. The van der Waals surface area contributed by atoms with Gasteiger partial charge in [-0.25, -0.2) is 4.79 Å². The highest BCUT2D eigenvalue weighted by molar-refractivity contribution is 6.00. The van der Waals surface area contributed by atoms with Crippen LogP contribution in [0, 0.1) is 0 Å². The minimum Gasteiger partial charge on any atom is -0.441 e. The molecule has 2 rings (SSSR count). The Morgan fingerprint density at radius 3 is 3.08 bits per heavy atom. The van der Waals surface area contributed by atoms with E-state index in [-0.39, 0.29) is 12.7 Å². The number of hydrogen-bond donors (Lipinski definition) is 2. The fourth-order valence-electron chi connectivity index (χ4n) is 1.19. The molecule has 0 saturated carbocycles.